The van der Waals surface area contributed by atoms with Gasteiger partial charge < -0.3 is 9.80 Å². The van der Waals surface area contributed by atoms with Crippen molar-refractivity contribution in [2.45, 2.75) is 19.8 Å². The second kappa shape index (κ2) is 6.34. The number of hydrogen-bond acceptors (Lipinski definition) is 2. The van der Waals surface area contributed by atoms with Crippen molar-refractivity contribution in [1.29, 1.82) is 0 Å². The summed E-state index contributed by atoms with van der Waals surface area (Å²) in [5, 5.41) is 0. The van der Waals surface area contributed by atoms with Crippen LogP contribution in [0.4, 0.5) is 0 Å². The lowest BCUT2D eigenvalue weighted by Crippen LogP contribution is -2.22. The molecule has 12 heavy (non-hydrogen) atoms. The molecular weight excluding hydrogens is 263 g/mol. The lowest BCUT2D eigenvalue weighted by atomic mass is 10.3. The van der Waals surface area contributed by atoms with Crippen molar-refractivity contribution in [1.82, 2.24) is 9.80 Å². The first-order chi connectivity index (χ1) is 5.36. The maximum absolute atomic E-state index is 3.71. The molecule has 0 aromatic heterocycles. The highest BCUT2D eigenvalue weighted by molar-refractivity contribution is 14.0. The van der Waals surface area contributed by atoms with Gasteiger partial charge in [-0.15, -0.1) is 24.0 Å². The van der Waals surface area contributed by atoms with Gasteiger partial charge in [0.15, 0.2) is 0 Å². The second-order valence-electron chi connectivity index (χ2n) is 2.80. The summed E-state index contributed by atoms with van der Waals surface area (Å²) in [6, 6.07) is 0. The van der Waals surface area contributed by atoms with E-state index in [9.17, 15) is 0 Å². The van der Waals surface area contributed by atoms with E-state index < -0.39 is 0 Å². The molecule has 0 saturated heterocycles. The number of hydrogen-bond donors (Lipinski definition) is 0. The highest BCUT2D eigenvalue weighted by Gasteiger charge is 2.07. The van der Waals surface area contributed by atoms with Crippen LogP contribution in [0.5, 0.6) is 0 Å². The molecule has 0 radical (unpaired) electrons. The van der Waals surface area contributed by atoms with E-state index in [1.165, 1.54) is 12.8 Å². The van der Waals surface area contributed by atoms with Crippen molar-refractivity contribution in [2.75, 3.05) is 13.2 Å². The van der Waals surface area contributed by atoms with Crippen LogP contribution in [-0.4, -0.2) is 23.0 Å². The van der Waals surface area contributed by atoms with Crippen LogP contribution < -0.4 is 0 Å². The fourth-order valence-electron chi connectivity index (χ4n) is 1.11. The molecule has 1 heterocycles. The Morgan fingerprint density at radius 1 is 1.50 bits per heavy atom. The molecule has 0 aromatic carbocycles. The molecule has 0 bridgehead atoms. The Labute approximate surface area is 91.9 Å². The van der Waals surface area contributed by atoms with Gasteiger partial charge in [0.1, 0.15) is 0 Å². The van der Waals surface area contributed by atoms with Gasteiger partial charge in [0.05, 0.1) is 6.67 Å². The van der Waals surface area contributed by atoms with E-state index in [0.29, 0.717) is 0 Å². The summed E-state index contributed by atoms with van der Waals surface area (Å²) < 4.78 is 0. The summed E-state index contributed by atoms with van der Waals surface area (Å²) in [7, 11) is 0. The average Bonchev–Trinajstić information content (AvgIpc) is 2.48. The van der Waals surface area contributed by atoms with Gasteiger partial charge in [-0.05, 0) is 12.6 Å². The van der Waals surface area contributed by atoms with Gasteiger partial charge in [0, 0.05) is 18.9 Å². The van der Waals surface area contributed by atoms with Crippen LogP contribution in [0, 0.1) is 0 Å². The predicted octanol–water partition coefficient (Wildman–Crippen LogP) is 2.59. The third-order valence-electron chi connectivity index (χ3n) is 1.85. The molecule has 3 heteroatoms. The maximum atomic E-state index is 3.71. The van der Waals surface area contributed by atoms with Crippen molar-refractivity contribution in [3.8, 4) is 0 Å². The topological polar surface area (TPSA) is 6.48 Å². The van der Waals surface area contributed by atoms with Gasteiger partial charge in [-0.3, -0.25) is 0 Å². The van der Waals surface area contributed by atoms with Crippen molar-refractivity contribution in [3.63, 3.8) is 0 Å². The summed E-state index contributed by atoms with van der Waals surface area (Å²) in [6.07, 6.45) is 8.57. The third-order valence-corrected chi connectivity index (χ3v) is 1.85. The Balaban J connectivity index is 0.00000121. The lowest BCUT2D eigenvalue weighted by Gasteiger charge is -2.17. The van der Waals surface area contributed by atoms with E-state index >= 15 is 0 Å². The first-order valence-electron chi connectivity index (χ1n) is 4.17. The monoisotopic (exact) mass is 280 g/mol. The van der Waals surface area contributed by atoms with Gasteiger partial charge in [0.2, 0.25) is 0 Å². The molecule has 0 saturated carbocycles. The Morgan fingerprint density at radius 3 is 2.75 bits per heavy atom. The van der Waals surface area contributed by atoms with Crippen molar-refractivity contribution in [3.05, 3.63) is 25.2 Å². The van der Waals surface area contributed by atoms with Crippen LogP contribution >= 0.6 is 24.0 Å². The lowest BCUT2D eigenvalue weighted by molar-refractivity contribution is 0.310. The van der Waals surface area contributed by atoms with Gasteiger partial charge >= 0.3 is 0 Å². The molecule has 0 N–H and O–H groups in total. The second-order valence-corrected chi connectivity index (χ2v) is 2.80. The molecule has 0 aliphatic carbocycles. The van der Waals surface area contributed by atoms with E-state index in [0.717, 1.165) is 13.2 Å². The van der Waals surface area contributed by atoms with Gasteiger partial charge in [0.25, 0.3) is 0 Å². The van der Waals surface area contributed by atoms with Crippen LogP contribution in [0.3, 0.4) is 0 Å². The Bertz CT molecular complexity index is 157. The zero-order valence-corrected chi connectivity index (χ0v) is 9.90. The molecule has 1 aliphatic heterocycles. The minimum absolute atomic E-state index is 0. The van der Waals surface area contributed by atoms with Gasteiger partial charge in [-0.25, -0.2) is 0 Å². The number of unbranched alkanes of at least 4 members (excludes halogenated alkanes) is 1. The van der Waals surface area contributed by atoms with E-state index in [-0.39, 0.29) is 24.0 Å². The Kier molecular flexibility index (Phi) is 6.24. The normalized spacial score (nSPS) is 14.8. The van der Waals surface area contributed by atoms with Gasteiger partial charge in [-0.1, -0.05) is 19.9 Å². The summed E-state index contributed by atoms with van der Waals surface area (Å²) in [5.41, 5.74) is 0. The predicted molar refractivity (Wildman–Crippen MR) is 63.1 cm³/mol. The molecule has 0 fully saturated rings. The fourth-order valence-corrected chi connectivity index (χ4v) is 1.11. The maximum Gasteiger partial charge on any atom is 0.0935 e. The first kappa shape index (κ1) is 11.8. The van der Waals surface area contributed by atoms with Gasteiger partial charge in [-0.2, -0.15) is 0 Å². The standard InChI is InChI=1S/C9H16N2.HI/c1-3-5-6-11-8-7-10(4-2)9-11;/h4,7-8H,2-3,5-6,9H2,1H3;1H. The average molecular weight is 280 g/mol. The highest BCUT2D eigenvalue weighted by Crippen LogP contribution is 2.06. The zero-order chi connectivity index (χ0) is 8.10. The molecule has 2 nitrogen and oxygen atoms in total. The minimum atomic E-state index is 0. The van der Waals surface area contributed by atoms with Crippen LogP contribution in [-0.2, 0) is 0 Å². The van der Waals surface area contributed by atoms with E-state index in [1.807, 2.05) is 6.20 Å². The molecule has 1 rings (SSSR count). The van der Waals surface area contributed by atoms with E-state index in [1.54, 1.807) is 0 Å². The van der Waals surface area contributed by atoms with Crippen LogP contribution in [0.2, 0.25) is 0 Å². The van der Waals surface area contributed by atoms with E-state index in [2.05, 4.69) is 35.7 Å². The molecule has 0 atom stereocenters. The summed E-state index contributed by atoms with van der Waals surface area (Å²) in [6.45, 7) is 8.06. The molecule has 1 aliphatic rings. The highest BCUT2D eigenvalue weighted by atomic mass is 127. The molecule has 0 amide bonds. The van der Waals surface area contributed by atoms with Crippen molar-refractivity contribution in [2.24, 2.45) is 0 Å². The SMILES string of the molecule is C=CN1C=CN(CCCC)C1.I. The third kappa shape index (κ3) is 3.47. The Morgan fingerprint density at radius 2 is 2.25 bits per heavy atom. The summed E-state index contributed by atoms with van der Waals surface area (Å²) in [4.78, 5) is 4.38. The molecule has 0 spiro atoms. The fraction of sp³-hybridized carbons (Fsp3) is 0.556. The van der Waals surface area contributed by atoms with Crippen molar-refractivity contribution < 1.29 is 0 Å². The molecule has 0 aromatic rings. The zero-order valence-electron chi connectivity index (χ0n) is 7.57. The number of nitrogens with zero attached hydrogens (tertiary/aromatic N) is 2. The van der Waals surface area contributed by atoms with Crippen LogP contribution in [0.15, 0.2) is 25.2 Å². The quantitative estimate of drug-likeness (QED) is 0.730. The minimum Gasteiger partial charge on any atom is -0.358 e. The van der Waals surface area contributed by atoms with Crippen molar-refractivity contribution >= 4 is 24.0 Å². The first-order valence-corrected chi connectivity index (χ1v) is 4.17. The molecule has 70 valence electrons. The van der Waals surface area contributed by atoms with Crippen LogP contribution in [0.1, 0.15) is 19.8 Å². The van der Waals surface area contributed by atoms with E-state index in [4.69, 9.17) is 0 Å². The summed E-state index contributed by atoms with van der Waals surface area (Å²) >= 11 is 0. The molecule has 0 unspecified atom stereocenters. The largest absolute Gasteiger partial charge is 0.358 e. The van der Waals surface area contributed by atoms with Crippen LogP contribution in [0.25, 0.3) is 0 Å². The molecular formula is C9H17IN2. The number of rotatable bonds is 4. The number of halogens is 1. The smallest absolute Gasteiger partial charge is 0.0935 e. The summed E-state index contributed by atoms with van der Waals surface area (Å²) in [5.74, 6) is 0. The Hall–Kier alpha value is -0.190.